The predicted octanol–water partition coefficient (Wildman–Crippen LogP) is 2.16. The molecule has 8 heteroatoms. The number of thiophene rings is 1. The van der Waals surface area contributed by atoms with Crippen LogP contribution >= 0.6 is 11.3 Å². The minimum atomic E-state index is -0.102. The molecule has 1 aliphatic heterocycles. The van der Waals surface area contributed by atoms with Gasteiger partial charge >= 0.3 is 0 Å². The Morgan fingerprint density at radius 3 is 2.62 bits per heavy atom. The molecule has 1 aliphatic rings. The van der Waals surface area contributed by atoms with E-state index < -0.39 is 0 Å². The van der Waals surface area contributed by atoms with Crippen LogP contribution in [0.25, 0.3) is 10.6 Å². The Bertz CT molecular complexity index is 810. The van der Waals surface area contributed by atoms with Gasteiger partial charge in [-0.05, 0) is 17.5 Å². The minimum absolute atomic E-state index is 0.102. The second-order valence-corrected chi connectivity index (χ2v) is 6.33. The van der Waals surface area contributed by atoms with E-state index in [1.165, 1.54) is 0 Å². The number of carbonyl (C=O) groups excluding carboxylic acids is 1. The number of nitrogens with zero attached hydrogens (tertiary/aromatic N) is 5. The summed E-state index contributed by atoms with van der Waals surface area (Å²) in [4.78, 5) is 25.9. The third kappa shape index (κ3) is 2.88. The standard InChI is InChI=1S/C16H15N5O2S/c22-15(12-11-13(23-19-12)14-3-1-10-24-14)20-6-8-21(9-7-20)16-17-4-2-5-18-16/h1-5,10-11H,6-9H2. The van der Waals surface area contributed by atoms with E-state index in [9.17, 15) is 4.79 Å². The molecule has 4 heterocycles. The van der Waals surface area contributed by atoms with Crippen LogP contribution in [0.3, 0.4) is 0 Å². The lowest BCUT2D eigenvalue weighted by Crippen LogP contribution is -2.49. The smallest absolute Gasteiger partial charge is 0.276 e. The van der Waals surface area contributed by atoms with Crippen LogP contribution in [0.1, 0.15) is 10.5 Å². The summed E-state index contributed by atoms with van der Waals surface area (Å²) in [6.45, 7) is 2.62. The second kappa shape index (κ2) is 6.40. The summed E-state index contributed by atoms with van der Waals surface area (Å²) in [5.74, 6) is 1.23. The summed E-state index contributed by atoms with van der Waals surface area (Å²) in [7, 11) is 0. The van der Waals surface area contributed by atoms with Crippen molar-refractivity contribution in [1.29, 1.82) is 0 Å². The summed E-state index contributed by atoms with van der Waals surface area (Å²) in [5, 5.41) is 5.89. The van der Waals surface area contributed by atoms with E-state index in [1.54, 1.807) is 40.8 Å². The fourth-order valence-corrected chi connectivity index (χ4v) is 3.31. The number of piperazine rings is 1. The Kier molecular flexibility index (Phi) is 3.96. The highest BCUT2D eigenvalue weighted by atomic mass is 32.1. The first kappa shape index (κ1) is 14.8. The zero-order chi connectivity index (χ0) is 16.4. The molecular weight excluding hydrogens is 326 g/mol. The normalized spacial score (nSPS) is 14.8. The summed E-state index contributed by atoms with van der Waals surface area (Å²) in [5.41, 5.74) is 0.350. The molecule has 1 amide bonds. The van der Waals surface area contributed by atoms with Crippen molar-refractivity contribution in [3.63, 3.8) is 0 Å². The Morgan fingerprint density at radius 1 is 1.12 bits per heavy atom. The average molecular weight is 341 g/mol. The van der Waals surface area contributed by atoms with E-state index in [2.05, 4.69) is 20.0 Å². The summed E-state index contributed by atoms with van der Waals surface area (Å²) >= 11 is 1.56. The van der Waals surface area contributed by atoms with Crippen LogP contribution < -0.4 is 4.90 Å². The molecule has 0 radical (unpaired) electrons. The number of aromatic nitrogens is 3. The van der Waals surface area contributed by atoms with Crippen LogP contribution in [0, 0.1) is 0 Å². The zero-order valence-electron chi connectivity index (χ0n) is 12.8. The van der Waals surface area contributed by atoms with Crippen molar-refractivity contribution >= 4 is 23.2 Å². The third-order valence-electron chi connectivity index (χ3n) is 3.90. The van der Waals surface area contributed by atoms with Crippen molar-refractivity contribution in [2.45, 2.75) is 0 Å². The molecule has 0 unspecified atom stereocenters. The van der Waals surface area contributed by atoms with E-state index in [0.29, 0.717) is 43.6 Å². The summed E-state index contributed by atoms with van der Waals surface area (Å²) in [6, 6.07) is 7.38. The van der Waals surface area contributed by atoms with E-state index in [1.807, 2.05) is 17.5 Å². The molecule has 3 aromatic heterocycles. The molecule has 0 aromatic carbocycles. The second-order valence-electron chi connectivity index (χ2n) is 5.38. The predicted molar refractivity (Wildman–Crippen MR) is 90.0 cm³/mol. The van der Waals surface area contributed by atoms with Gasteiger partial charge in [0.2, 0.25) is 5.95 Å². The highest BCUT2D eigenvalue weighted by Gasteiger charge is 2.25. The van der Waals surface area contributed by atoms with Crippen molar-refractivity contribution < 1.29 is 9.32 Å². The molecule has 24 heavy (non-hydrogen) atoms. The van der Waals surface area contributed by atoms with Crippen molar-refractivity contribution in [2.75, 3.05) is 31.1 Å². The molecule has 0 aliphatic carbocycles. The van der Waals surface area contributed by atoms with Gasteiger partial charge in [-0.1, -0.05) is 11.2 Å². The summed E-state index contributed by atoms with van der Waals surface area (Å²) in [6.07, 6.45) is 3.45. The fourth-order valence-electron chi connectivity index (χ4n) is 2.64. The number of amides is 1. The molecule has 0 bridgehead atoms. The number of carbonyl (C=O) groups is 1. The first-order chi connectivity index (χ1) is 11.8. The van der Waals surface area contributed by atoms with Gasteiger partial charge in [0, 0.05) is 44.6 Å². The molecule has 4 rings (SSSR count). The van der Waals surface area contributed by atoms with Gasteiger partial charge in [0.05, 0.1) is 4.88 Å². The summed E-state index contributed by atoms with van der Waals surface area (Å²) < 4.78 is 5.29. The fraction of sp³-hybridized carbons (Fsp3) is 0.250. The lowest BCUT2D eigenvalue weighted by atomic mass is 10.2. The first-order valence-corrected chi connectivity index (χ1v) is 8.51. The molecule has 0 atom stereocenters. The highest BCUT2D eigenvalue weighted by Crippen LogP contribution is 2.25. The highest BCUT2D eigenvalue weighted by molar-refractivity contribution is 7.13. The van der Waals surface area contributed by atoms with E-state index in [-0.39, 0.29) is 5.91 Å². The Labute approximate surface area is 142 Å². The van der Waals surface area contributed by atoms with Gasteiger partial charge in [-0.2, -0.15) is 0 Å². The van der Waals surface area contributed by atoms with Gasteiger partial charge in [-0.15, -0.1) is 11.3 Å². The monoisotopic (exact) mass is 341 g/mol. The van der Waals surface area contributed by atoms with Crippen LogP contribution in [-0.2, 0) is 0 Å². The van der Waals surface area contributed by atoms with Crippen LogP contribution in [0.4, 0.5) is 5.95 Å². The Hall–Kier alpha value is -2.74. The molecule has 0 N–H and O–H groups in total. The molecule has 122 valence electrons. The lowest BCUT2D eigenvalue weighted by Gasteiger charge is -2.34. The van der Waals surface area contributed by atoms with Gasteiger partial charge in [0.15, 0.2) is 11.5 Å². The van der Waals surface area contributed by atoms with Gasteiger partial charge in [-0.3, -0.25) is 4.79 Å². The minimum Gasteiger partial charge on any atom is -0.355 e. The largest absolute Gasteiger partial charge is 0.355 e. The molecule has 0 spiro atoms. The Morgan fingerprint density at radius 2 is 1.92 bits per heavy atom. The number of anilines is 1. The Balaban J connectivity index is 1.41. The molecule has 0 saturated carbocycles. The quantitative estimate of drug-likeness (QED) is 0.727. The molecule has 3 aromatic rings. The van der Waals surface area contributed by atoms with Gasteiger partial charge in [0.25, 0.3) is 5.91 Å². The van der Waals surface area contributed by atoms with Crippen LogP contribution in [-0.4, -0.2) is 52.1 Å². The van der Waals surface area contributed by atoms with Gasteiger partial charge in [-0.25, -0.2) is 9.97 Å². The SMILES string of the molecule is O=C(c1cc(-c2cccs2)on1)N1CCN(c2ncccn2)CC1. The van der Waals surface area contributed by atoms with Crippen LogP contribution in [0.2, 0.25) is 0 Å². The zero-order valence-corrected chi connectivity index (χ0v) is 13.6. The number of hydrogen-bond acceptors (Lipinski definition) is 7. The van der Waals surface area contributed by atoms with E-state index in [0.717, 1.165) is 4.88 Å². The molecule has 1 saturated heterocycles. The topological polar surface area (TPSA) is 75.4 Å². The van der Waals surface area contributed by atoms with Crippen molar-refractivity contribution in [3.05, 3.63) is 47.7 Å². The molecule has 7 nitrogen and oxygen atoms in total. The first-order valence-electron chi connectivity index (χ1n) is 7.63. The van der Waals surface area contributed by atoms with Crippen molar-refractivity contribution in [2.24, 2.45) is 0 Å². The molecule has 1 fully saturated rings. The maximum absolute atomic E-state index is 12.6. The average Bonchev–Trinajstić information content (AvgIpc) is 3.33. The van der Waals surface area contributed by atoms with E-state index in [4.69, 9.17) is 4.52 Å². The number of rotatable bonds is 3. The van der Waals surface area contributed by atoms with Crippen molar-refractivity contribution in [3.8, 4) is 10.6 Å². The molecular formula is C16H15N5O2S. The van der Waals surface area contributed by atoms with Gasteiger partial charge in [0.1, 0.15) is 0 Å². The third-order valence-corrected chi connectivity index (χ3v) is 4.78. The lowest BCUT2D eigenvalue weighted by molar-refractivity contribution is 0.0736. The van der Waals surface area contributed by atoms with Crippen LogP contribution in [0.5, 0.6) is 0 Å². The van der Waals surface area contributed by atoms with E-state index >= 15 is 0 Å². The van der Waals surface area contributed by atoms with Gasteiger partial charge < -0.3 is 14.3 Å². The maximum atomic E-state index is 12.6. The number of hydrogen-bond donors (Lipinski definition) is 0. The van der Waals surface area contributed by atoms with Crippen LogP contribution in [0.15, 0.2) is 46.6 Å². The maximum Gasteiger partial charge on any atom is 0.276 e. The van der Waals surface area contributed by atoms with Crippen molar-refractivity contribution in [1.82, 2.24) is 20.0 Å².